The fraction of sp³-hybridized carbons (Fsp3) is 0.357. The Kier molecular flexibility index (Phi) is 2.98. The lowest BCUT2D eigenvalue weighted by Crippen LogP contribution is -2.32. The van der Waals surface area contributed by atoms with E-state index in [1.54, 1.807) is 10.7 Å². The predicted molar refractivity (Wildman–Crippen MR) is 72.5 cm³/mol. The minimum Gasteiger partial charge on any atom is -0.362 e. The Morgan fingerprint density at radius 1 is 1.47 bits per heavy atom. The third-order valence-electron chi connectivity index (χ3n) is 3.69. The first-order chi connectivity index (χ1) is 9.19. The third kappa shape index (κ3) is 2.10. The maximum Gasteiger partial charge on any atom is 0.125 e. The number of anilines is 1. The van der Waals surface area contributed by atoms with Crippen LogP contribution in [0.25, 0.3) is 0 Å². The zero-order chi connectivity index (χ0) is 13.4. The molecular formula is C14H17FN4. The van der Waals surface area contributed by atoms with Gasteiger partial charge in [-0.1, -0.05) is 6.07 Å². The Morgan fingerprint density at radius 2 is 2.32 bits per heavy atom. The van der Waals surface area contributed by atoms with Crippen LogP contribution in [0.1, 0.15) is 17.2 Å². The molecule has 0 fully saturated rings. The normalized spacial score (nSPS) is 15.6. The van der Waals surface area contributed by atoms with Crippen LogP contribution in [0, 0.1) is 5.82 Å². The van der Waals surface area contributed by atoms with Crippen molar-refractivity contribution < 1.29 is 4.39 Å². The number of hydrogen-bond donors (Lipinski definition) is 1. The predicted octanol–water partition coefficient (Wildman–Crippen LogP) is 1.62. The second-order valence-electron chi connectivity index (χ2n) is 4.92. The lowest BCUT2D eigenvalue weighted by atomic mass is 10.1. The van der Waals surface area contributed by atoms with Crippen LogP contribution in [-0.4, -0.2) is 22.9 Å². The number of halogens is 1. The van der Waals surface area contributed by atoms with E-state index in [0.29, 0.717) is 6.54 Å². The minimum atomic E-state index is -0.201. The molecule has 0 radical (unpaired) electrons. The zero-order valence-corrected chi connectivity index (χ0v) is 10.9. The molecule has 0 aliphatic carbocycles. The van der Waals surface area contributed by atoms with Crippen LogP contribution in [0.5, 0.6) is 0 Å². The van der Waals surface area contributed by atoms with Gasteiger partial charge in [-0.3, -0.25) is 4.68 Å². The van der Waals surface area contributed by atoms with Crippen LogP contribution < -0.4 is 10.6 Å². The van der Waals surface area contributed by atoms with Crippen LogP contribution in [0.2, 0.25) is 0 Å². The molecule has 0 saturated carbocycles. The van der Waals surface area contributed by atoms with Gasteiger partial charge in [0, 0.05) is 37.6 Å². The first-order valence-electron chi connectivity index (χ1n) is 6.42. The van der Waals surface area contributed by atoms with Crippen LogP contribution >= 0.6 is 0 Å². The van der Waals surface area contributed by atoms with Gasteiger partial charge in [-0.05, 0) is 24.1 Å². The highest BCUT2D eigenvalue weighted by Crippen LogP contribution is 2.35. The Morgan fingerprint density at radius 3 is 3.00 bits per heavy atom. The molecule has 2 heterocycles. The number of aryl methyl sites for hydroxylation is 1. The summed E-state index contributed by atoms with van der Waals surface area (Å²) in [5, 5.41) is 4.19. The highest BCUT2D eigenvalue weighted by atomic mass is 19.1. The SMILES string of the molecule is Cn1cc(C(CN)N2CCc3ccc(F)cc32)cn1. The van der Waals surface area contributed by atoms with E-state index < -0.39 is 0 Å². The van der Waals surface area contributed by atoms with Crippen molar-refractivity contribution in [1.82, 2.24) is 9.78 Å². The van der Waals surface area contributed by atoms with E-state index in [1.165, 1.54) is 11.6 Å². The molecule has 2 N–H and O–H groups in total. The van der Waals surface area contributed by atoms with E-state index in [2.05, 4.69) is 10.00 Å². The summed E-state index contributed by atoms with van der Waals surface area (Å²) in [7, 11) is 1.88. The maximum absolute atomic E-state index is 13.4. The molecule has 19 heavy (non-hydrogen) atoms. The highest BCUT2D eigenvalue weighted by molar-refractivity contribution is 5.59. The molecule has 0 saturated heterocycles. The fourth-order valence-electron chi connectivity index (χ4n) is 2.76. The van der Waals surface area contributed by atoms with Gasteiger partial charge in [0.05, 0.1) is 12.2 Å². The molecule has 1 unspecified atom stereocenters. The Labute approximate surface area is 111 Å². The molecule has 100 valence electrons. The number of nitrogens with zero attached hydrogens (tertiary/aromatic N) is 3. The molecule has 1 aromatic heterocycles. The van der Waals surface area contributed by atoms with Crippen molar-refractivity contribution in [3.8, 4) is 0 Å². The van der Waals surface area contributed by atoms with Gasteiger partial charge in [-0.15, -0.1) is 0 Å². The topological polar surface area (TPSA) is 47.1 Å². The molecule has 1 aliphatic rings. The van der Waals surface area contributed by atoms with E-state index in [9.17, 15) is 4.39 Å². The summed E-state index contributed by atoms with van der Waals surface area (Å²) in [4.78, 5) is 2.18. The lowest BCUT2D eigenvalue weighted by molar-refractivity contribution is 0.621. The summed E-state index contributed by atoms with van der Waals surface area (Å²) >= 11 is 0. The zero-order valence-electron chi connectivity index (χ0n) is 10.9. The van der Waals surface area contributed by atoms with Gasteiger partial charge in [-0.2, -0.15) is 5.10 Å². The van der Waals surface area contributed by atoms with Gasteiger partial charge in [0.15, 0.2) is 0 Å². The first-order valence-corrected chi connectivity index (χ1v) is 6.42. The van der Waals surface area contributed by atoms with Crippen LogP contribution in [0.15, 0.2) is 30.6 Å². The number of rotatable bonds is 3. The average Bonchev–Trinajstić information content (AvgIpc) is 2.98. The molecule has 0 bridgehead atoms. The van der Waals surface area contributed by atoms with Crippen molar-refractivity contribution in [2.45, 2.75) is 12.5 Å². The fourth-order valence-corrected chi connectivity index (χ4v) is 2.76. The smallest absolute Gasteiger partial charge is 0.125 e. The molecule has 1 aromatic carbocycles. The number of aromatic nitrogens is 2. The molecule has 2 aromatic rings. The van der Waals surface area contributed by atoms with Gasteiger partial charge in [-0.25, -0.2) is 4.39 Å². The second kappa shape index (κ2) is 4.66. The Bertz CT molecular complexity index is 593. The minimum absolute atomic E-state index is 0.0525. The summed E-state index contributed by atoms with van der Waals surface area (Å²) in [5.74, 6) is -0.201. The summed E-state index contributed by atoms with van der Waals surface area (Å²) in [6.07, 6.45) is 4.73. The van der Waals surface area contributed by atoms with E-state index in [-0.39, 0.29) is 11.9 Å². The molecular weight excluding hydrogens is 243 g/mol. The summed E-state index contributed by atoms with van der Waals surface area (Å²) in [6, 6.07) is 5.03. The standard InChI is InChI=1S/C14H17FN4/c1-18-9-11(8-17-18)14(7-16)19-5-4-10-2-3-12(15)6-13(10)19/h2-3,6,8-9,14H,4-5,7,16H2,1H3. The molecule has 1 atom stereocenters. The average molecular weight is 260 g/mol. The van der Waals surface area contributed by atoms with Crippen LogP contribution in [-0.2, 0) is 13.5 Å². The van der Waals surface area contributed by atoms with Crippen molar-refractivity contribution in [2.24, 2.45) is 12.8 Å². The quantitative estimate of drug-likeness (QED) is 0.912. The van der Waals surface area contributed by atoms with E-state index in [0.717, 1.165) is 24.2 Å². The van der Waals surface area contributed by atoms with Crippen molar-refractivity contribution in [2.75, 3.05) is 18.0 Å². The Hall–Kier alpha value is -1.88. The first kappa shape index (κ1) is 12.2. The second-order valence-corrected chi connectivity index (χ2v) is 4.92. The van der Waals surface area contributed by atoms with Crippen molar-refractivity contribution in [1.29, 1.82) is 0 Å². The maximum atomic E-state index is 13.4. The summed E-state index contributed by atoms with van der Waals surface area (Å²) < 4.78 is 15.2. The van der Waals surface area contributed by atoms with Gasteiger partial charge in [0.2, 0.25) is 0 Å². The van der Waals surface area contributed by atoms with Gasteiger partial charge in [0.25, 0.3) is 0 Å². The third-order valence-corrected chi connectivity index (χ3v) is 3.69. The van der Waals surface area contributed by atoms with E-state index in [1.807, 2.05) is 25.5 Å². The van der Waals surface area contributed by atoms with Crippen molar-refractivity contribution >= 4 is 5.69 Å². The van der Waals surface area contributed by atoms with Crippen LogP contribution in [0.4, 0.5) is 10.1 Å². The van der Waals surface area contributed by atoms with Gasteiger partial charge < -0.3 is 10.6 Å². The van der Waals surface area contributed by atoms with E-state index in [4.69, 9.17) is 5.73 Å². The monoisotopic (exact) mass is 260 g/mol. The van der Waals surface area contributed by atoms with Gasteiger partial charge in [0.1, 0.15) is 5.82 Å². The van der Waals surface area contributed by atoms with Gasteiger partial charge >= 0.3 is 0 Å². The number of nitrogens with two attached hydrogens (primary N) is 1. The largest absolute Gasteiger partial charge is 0.362 e. The molecule has 1 aliphatic heterocycles. The number of fused-ring (bicyclic) bond motifs is 1. The number of hydrogen-bond acceptors (Lipinski definition) is 3. The number of benzene rings is 1. The van der Waals surface area contributed by atoms with Crippen molar-refractivity contribution in [3.05, 3.63) is 47.5 Å². The van der Waals surface area contributed by atoms with E-state index >= 15 is 0 Å². The highest BCUT2D eigenvalue weighted by Gasteiger charge is 2.27. The molecule has 3 rings (SSSR count). The molecule has 0 amide bonds. The van der Waals surface area contributed by atoms with Crippen LogP contribution in [0.3, 0.4) is 0 Å². The molecule has 4 nitrogen and oxygen atoms in total. The molecule has 5 heteroatoms. The summed E-state index contributed by atoms with van der Waals surface area (Å²) in [5.41, 5.74) is 9.13. The molecule has 0 spiro atoms. The van der Waals surface area contributed by atoms with Crippen molar-refractivity contribution in [3.63, 3.8) is 0 Å². The summed E-state index contributed by atoms with van der Waals surface area (Å²) in [6.45, 7) is 1.36. The lowest BCUT2D eigenvalue weighted by Gasteiger charge is -2.28. The Balaban J connectivity index is 1.97.